The van der Waals surface area contributed by atoms with Crippen LogP contribution in [0.1, 0.15) is 25.7 Å². The Kier molecular flexibility index (Phi) is 7.36. The van der Waals surface area contributed by atoms with Crippen LogP contribution in [0.25, 0.3) is 16.6 Å². The molecule has 1 aromatic heterocycles. The van der Waals surface area contributed by atoms with Crippen LogP contribution >= 0.6 is 11.8 Å². The molecule has 0 unspecified atom stereocenters. The lowest BCUT2D eigenvalue weighted by molar-refractivity contribution is -0.117. The number of amides is 3. The van der Waals surface area contributed by atoms with Gasteiger partial charge in [-0.05, 0) is 37.1 Å². The summed E-state index contributed by atoms with van der Waals surface area (Å²) in [5, 5.41) is 5.95. The molecule has 0 bridgehead atoms. The summed E-state index contributed by atoms with van der Waals surface area (Å²) < 4.78 is 12.1. The lowest BCUT2D eigenvalue weighted by atomic mass is 10.2. The molecule has 1 aliphatic carbocycles. The number of carbonyl (C=O) groups excluding carboxylic acids is 2. The SMILES string of the molecule is COc1ccc(-n2c(SCC(=O)NC(=O)NC3CCCC3)nc3ccccc3c2=O)cc1OC. The van der Waals surface area contributed by atoms with E-state index in [1.165, 1.54) is 18.8 Å². The van der Waals surface area contributed by atoms with E-state index in [0.717, 1.165) is 37.4 Å². The summed E-state index contributed by atoms with van der Waals surface area (Å²) >= 11 is 1.07. The highest BCUT2D eigenvalue weighted by atomic mass is 32.2. The van der Waals surface area contributed by atoms with Crippen molar-refractivity contribution in [1.29, 1.82) is 0 Å². The Bertz CT molecular complexity index is 1270. The second-order valence-electron chi connectivity index (χ2n) is 7.88. The van der Waals surface area contributed by atoms with Crippen molar-refractivity contribution in [2.45, 2.75) is 36.9 Å². The van der Waals surface area contributed by atoms with Gasteiger partial charge in [-0.1, -0.05) is 36.7 Å². The van der Waals surface area contributed by atoms with Crippen molar-refractivity contribution in [3.8, 4) is 17.2 Å². The minimum Gasteiger partial charge on any atom is -0.493 e. The van der Waals surface area contributed by atoms with Crippen LogP contribution in [0.5, 0.6) is 11.5 Å². The smallest absolute Gasteiger partial charge is 0.321 e. The number of imide groups is 1. The molecule has 3 amide bonds. The van der Waals surface area contributed by atoms with Crippen molar-refractivity contribution in [3.05, 3.63) is 52.8 Å². The Morgan fingerprint density at radius 1 is 1.09 bits per heavy atom. The zero-order chi connectivity index (χ0) is 24.1. The van der Waals surface area contributed by atoms with Crippen molar-refractivity contribution in [1.82, 2.24) is 20.2 Å². The van der Waals surface area contributed by atoms with Gasteiger partial charge in [0.2, 0.25) is 5.91 Å². The number of hydrogen-bond acceptors (Lipinski definition) is 7. The van der Waals surface area contributed by atoms with Gasteiger partial charge in [0.15, 0.2) is 16.7 Å². The first-order chi connectivity index (χ1) is 16.5. The van der Waals surface area contributed by atoms with Gasteiger partial charge in [-0.3, -0.25) is 19.5 Å². The monoisotopic (exact) mass is 482 g/mol. The molecule has 1 heterocycles. The quantitative estimate of drug-likeness (QED) is 0.393. The highest BCUT2D eigenvalue weighted by molar-refractivity contribution is 7.99. The fourth-order valence-electron chi connectivity index (χ4n) is 3.99. The van der Waals surface area contributed by atoms with Crippen LogP contribution in [0.3, 0.4) is 0 Å². The Morgan fingerprint density at radius 2 is 1.82 bits per heavy atom. The van der Waals surface area contributed by atoms with Crippen LogP contribution in [0, 0.1) is 0 Å². The molecule has 34 heavy (non-hydrogen) atoms. The molecule has 2 N–H and O–H groups in total. The normalized spacial score (nSPS) is 13.6. The van der Waals surface area contributed by atoms with Crippen LogP contribution in [0.2, 0.25) is 0 Å². The number of urea groups is 1. The van der Waals surface area contributed by atoms with Crippen molar-refractivity contribution in [2.24, 2.45) is 0 Å². The summed E-state index contributed by atoms with van der Waals surface area (Å²) in [5.41, 5.74) is 0.758. The molecule has 1 aliphatic rings. The minimum atomic E-state index is -0.499. The van der Waals surface area contributed by atoms with Gasteiger partial charge in [-0.15, -0.1) is 0 Å². The largest absolute Gasteiger partial charge is 0.493 e. The second kappa shape index (κ2) is 10.6. The van der Waals surface area contributed by atoms with E-state index in [1.807, 2.05) is 0 Å². The number of hydrogen-bond donors (Lipinski definition) is 2. The minimum absolute atomic E-state index is 0.0871. The summed E-state index contributed by atoms with van der Waals surface area (Å²) in [5.74, 6) is 0.421. The molecule has 10 heteroatoms. The third-order valence-electron chi connectivity index (χ3n) is 5.65. The molecule has 1 saturated carbocycles. The molecule has 4 rings (SSSR count). The molecule has 1 fully saturated rings. The number of ether oxygens (including phenoxy) is 2. The van der Waals surface area contributed by atoms with E-state index < -0.39 is 11.9 Å². The number of nitrogens with one attached hydrogen (secondary N) is 2. The van der Waals surface area contributed by atoms with Crippen molar-refractivity contribution < 1.29 is 19.1 Å². The van der Waals surface area contributed by atoms with Crippen LogP contribution in [0.15, 0.2) is 52.4 Å². The number of para-hydroxylation sites is 1. The first-order valence-corrected chi connectivity index (χ1v) is 12.0. The van der Waals surface area contributed by atoms with Gasteiger partial charge in [0.1, 0.15) is 0 Å². The summed E-state index contributed by atoms with van der Waals surface area (Å²) in [6, 6.07) is 11.7. The molecule has 0 atom stereocenters. The van der Waals surface area contributed by atoms with Gasteiger partial charge in [-0.25, -0.2) is 9.78 Å². The van der Waals surface area contributed by atoms with Crippen LogP contribution in [-0.2, 0) is 4.79 Å². The third kappa shape index (κ3) is 5.17. The lowest BCUT2D eigenvalue weighted by Crippen LogP contribution is -2.44. The molecule has 0 spiro atoms. The molecular formula is C24H26N4O5S. The third-order valence-corrected chi connectivity index (χ3v) is 6.58. The standard InChI is InChI=1S/C24H26N4O5S/c1-32-19-12-11-16(13-20(19)33-2)28-22(30)17-9-5-6-10-18(17)26-24(28)34-14-21(29)27-23(31)25-15-7-3-4-8-15/h5-6,9-13,15H,3-4,7-8,14H2,1-2H3,(H2,25,27,29,31). The van der Waals surface area contributed by atoms with Gasteiger partial charge in [0.25, 0.3) is 5.56 Å². The van der Waals surface area contributed by atoms with Crippen LogP contribution < -0.4 is 25.7 Å². The van der Waals surface area contributed by atoms with Crippen molar-refractivity contribution in [2.75, 3.05) is 20.0 Å². The molecule has 3 aromatic rings. The average Bonchev–Trinajstić information content (AvgIpc) is 3.35. The number of methoxy groups -OCH3 is 2. The van der Waals surface area contributed by atoms with E-state index in [2.05, 4.69) is 15.6 Å². The number of thioether (sulfide) groups is 1. The molecule has 0 radical (unpaired) electrons. The van der Waals surface area contributed by atoms with Crippen molar-refractivity contribution in [3.63, 3.8) is 0 Å². The Morgan fingerprint density at radius 3 is 2.56 bits per heavy atom. The molecule has 0 aliphatic heterocycles. The van der Waals surface area contributed by atoms with E-state index >= 15 is 0 Å². The Hall–Kier alpha value is -3.53. The van der Waals surface area contributed by atoms with E-state index in [0.29, 0.717) is 33.2 Å². The number of rotatable bonds is 7. The number of aromatic nitrogens is 2. The summed E-state index contributed by atoms with van der Waals surface area (Å²) in [4.78, 5) is 42.6. The molecule has 0 saturated heterocycles. The van der Waals surface area contributed by atoms with E-state index in [9.17, 15) is 14.4 Å². The van der Waals surface area contributed by atoms with E-state index in [1.54, 1.807) is 42.5 Å². The maximum atomic E-state index is 13.4. The summed E-state index contributed by atoms with van der Waals surface area (Å²) in [7, 11) is 3.05. The van der Waals surface area contributed by atoms with Gasteiger partial charge in [0, 0.05) is 12.1 Å². The fourth-order valence-corrected chi connectivity index (χ4v) is 4.80. The van der Waals surface area contributed by atoms with Gasteiger partial charge >= 0.3 is 6.03 Å². The second-order valence-corrected chi connectivity index (χ2v) is 8.83. The molecule has 178 valence electrons. The van der Waals surface area contributed by atoms with E-state index in [4.69, 9.17) is 9.47 Å². The average molecular weight is 483 g/mol. The maximum absolute atomic E-state index is 13.4. The zero-order valence-electron chi connectivity index (χ0n) is 19.0. The maximum Gasteiger partial charge on any atom is 0.321 e. The number of nitrogens with zero attached hydrogens (tertiary/aromatic N) is 2. The summed E-state index contributed by atoms with van der Waals surface area (Å²) in [6.45, 7) is 0. The molecule has 2 aromatic carbocycles. The zero-order valence-corrected chi connectivity index (χ0v) is 19.8. The number of carbonyl (C=O) groups is 2. The number of fused-ring (bicyclic) bond motifs is 1. The Balaban J connectivity index is 1.61. The first kappa shape index (κ1) is 23.6. The predicted octanol–water partition coefficient (Wildman–Crippen LogP) is 3.26. The summed E-state index contributed by atoms with van der Waals surface area (Å²) in [6.07, 6.45) is 4.01. The topological polar surface area (TPSA) is 112 Å². The molecule has 9 nitrogen and oxygen atoms in total. The number of benzene rings is 2. The van der Waals surface area contributed by atoms with Crippen LogP contribution in [-0.4, -0.2) is 47.5 Å². The van der Waals surface area contributed by atoms with Crippen molar-refractivity contribution >= 4 is 34.6 Å². The fraction of sp³-hybridized carbons (Fsp3) is 0.333. The first-order valence-electron chi connectivity index (χ1n) is 11.0. The van der Waals surface area contributed by atoms with Gasteiger partial charge in [0.05, 0.1) is 36.6 Å². The van der Waals surface area contributed by atoms with E-state index in [-0.39, 0.29) is 17.4 Å². The highest BCUT2D eigenvalue weighted by Crippen LogP contribution is 2.30. The Labute approximate surface area is 200 Å². The highest BCUT2D eigenvalue weighted by Gasteiger charge is 2.20. The predicted molar refractivity (Wildman–Crippen MR) is 130 cm³/mol. The lowest BCUT2D eigenvalue weighted by Gasteiger charge is -2.15. The van der Waals surface area contributed by atoms with Crippen LogP contribution in [0.4, 0.5) is 4.79 Å². The molecular weight excluding hydrogens is 456 g/mol. The van der Waals surface area contributed by atoms with Gasteiger partial charge < -0.3 is 14.8 Å². The van der Waals surface area contributed by atoms with Gasteiger partial charge in [-0.2, -0.15) is 0 Å².